The summed E-state index contributed by atoms with van der Waals surface area (Å²) in [5.41, 5.74) is 1.76. The van der Waals surface area contributed by atoms with Crippen LogP contribution in [0.2, 0.25) is 0 Å². The van der Waals surface area contributed by atoms with Gasteiger partial charge in [-0.2, -0.15) is 0 Å². The summed E-state index contributed by atoms with van der Waals surface area (Å²) in [5, 5.41) is 10.3. The highest BCUT2D eigenvalue weighted by Gasteiger charge is 2.44. The Kier molecular flexibility index (Phi) is 4.17. The van der Waals surface area contributed by atoms with Gasteiger partial charge in [0.2, 0.25) is 0 Å². The SMILES string of the molecule is C=C[C@H]1CN2CC[C@H]1C[C@H]2[C@H](OC(=O)O)c1ccnc2ccccc12. The third-order valence-corrected chi connectivity index (χ3v) is 5.72. The largest absolute Gasteiger partial charge is 0.506 e. The number of pyridine rings is 1. The number of fused-ring (bicyclic) bond motifs is 4. The van der Waals surface area contributed by atoms with Crippen molar-refractivity contribution in [2.24, 2.45) is 11.8 Å². The molecule has 0 aliphatic carbocycles. The molecule has 3 aliphatic heterocycles. The van der Waals surface area contributed by atoms with Crippen LogP contribution in [0.15, 0.2) is 49.2 Å². The number of piperidine rings is 3. The molecule has 4 heterocycles. The molecular weight excluding hydrogens is 316 g/mol. The van der Waals surface area contributed by atoms with E-state index in [-0.39, 0.29) is 6.04 Å². The van der Waals surface area contributed by atoms with Crippen molar-refractivity contribution in [3.05, 3.63) is 54.7 Å². The van der Waals surface area contributed by atoms with Crippen LogP contribution in [0.1, 0.15) is 24.5 Å². The molecular formula is C20H22N2O3. The van der Waals surface area contributed by atoms with Crippen molar-refractivity contribution in [1.82, 2.24) is 9.88 Å². The van der Waals surface area contributed by atoms with Gasteiger partial charge in [-0.05, 0) is 43.4 Å². The first-order valence-corrected chi connectivity index (χ1v) is 8.77. The minimum atomic E-state index is -1.23. The van der Waals surface area contributed by atoms with Gasteiger partial charge in [0.25, 0.3) is 0 Å². The Balaban J connectivity index is 1.74. The standard InChI is InChI=1S/C20H22N2O3/c1-2-13-12-22-10-8-14(13)11-18(22)19(25-20(23)24)16-7-9-21-17-6-4-3-5-15(16)17/h2-7,9,13-14,18-19H,1,8,10-12H2,(H,23,24)/t13-,14-,18-,19+/m0/s1. The van der Waals surface area contributed by atoms with Crippen molar-refractivity contribution < 1.29 is 14.6 Å². The summed E-state index contributed by atoms with van der Waals surface area (Å²) in [6.45, 7) is 5.88. The maximum atomic E-state index is 11.4. The second-order valence-corrected chi connectivity index (χ2v) is 6.97. The Bertz CT molecular complexity index is 801. The molecule has 1 aromatic heterocycles. The minimum absolute atomic E-state index is 0.0665. The second kappa shape index (κ2) is 6.48. The predicted molar refractivity (Wildman–Crippen MR) is 95.4 cm³/mol. The van der Waals surface area contributed by atoms with Crippen molar-refractivity contribution in [2.45, 2.75) is 25.0 Å². The van der Waals surface area contributed by atoms with E-state index in [1.54, 1.807) is 6.20 Å². The number of carbonyl (C=O) groups is 1. The Morgan fingerprint density at radius 2 is 2.24 bits per heavy atom. The molecule has 0 saturated carbocycles. The Hall–Kier alpha value is -2.40. The number of nitrogens with zero attached hydrogens (tertiary/aromatic N) is 2. The zero-order valence-corrected chi connectivity index (χ0v) is 14.0. The van der Waals surface area contributed by atoms with Crippen LogP contribution in [0.4, 0.5) is 4.79 Å². The lowest BCUT2D eigenvalue weighted by Crippen LogP contribution is -2.55. The fraction of sp³-hybridized carbons (Fsp3) is 0.400. The summed E-state index contributed by atoms with van der Waals surface area (Å²) in [6, 6.07) is 9.78. The third kappa shape index (κ3) is 2.89. The van der Waals surface area contributed by atoms with Gasteiger partial charge in [0.1, 0.15) is 6.10 Å². The van der Waals surface area contributed by atoms with E-state index in [2.05, 4.69) is 16.5 Å². The highest BCUT2D eigenvalue weighted by molar-refractivity contribution is 5.82. The predicted octanol–water partition coefficient (Wildman–Crippen LogP) is 3.87. The van der Waals surface area contributed by atoms with E-state index in [0.29, 0.717) is 11.8 Å². The molecule has 5 atom stereocenters. The van der Waals surface area contributed by atoms with Crippen molar-refractivity contribution >= 4 is 17.1 Å². The zero-order chi connectivity index (χ0) is 17.4. The average molecular weight is 338 g/mol. The fourth-order valence-corrected chi connectivity index (χ4v) is 4.52. The van der Waals surface area contributed by atoms with Crippen molar-refractivity contribution in [1.29, 1.82) is 0 Å². The zero-order valence-electron chi connectivity index (χ0n) is 14.0. The Morgan fingerprint density at radius 3 is 2.96 bits per heavy atom. The lowest BCUT2D eigenvalue weighted by atomic mass is 9.73. The number of benzene rings is 1. The van der Waals surface area contributed by atoms with Gasteiger partial charge in [-0.1, -0.05) is 24.3 Å². The average Bonchev–Trinajstić information content (AvgIpc) is 2.66. The second-order valence-electron chi connectivity index (χ2n) is 6.97. The molecule has 1 N–H and O–H groups in total. The number of rotatable bonds is 4. The van der Waals surface area contributed by atoms with Crippen LogP contribution in [-0.2, 0) is 4.74 Å². The first-order valence-electron chi connectivity index (χ1n) is 8.77. The van der Waals surface area contributed by atoms with Gasteiger partial charge in [0.15, 0.2) is 0 Å². The Labute approximate surface area is 146 Å². The van der Waals surface area contributed by atoms with Crippen molar-refractivity contribution in [3.8, 4) is 0 Å². The first-order chi connectivity index (χ1) is 12.2. The number of ether oxygens (including phenoxy) is 1. The van der Waals surface area contributed by atoms with E-state index < -0.39 is 12.3 Å². The number of carboxylic acid groups (broad SMARTS) is 1. The number of aromatic nitrogens is 1. The van der Waals surface area contributed by atoms with E-state index >= 15 is 0 Å². The molecule has 0 radical (unpaired) electrons. The van der Waals surface area contributed by atoms with Gasteiger partial charge in [-0.3, -0.25) is 9.88 Å². The molecule has 0 amide bonds. The van der Waals surface area contributed by atoms with Crippen LogP contribution in [0, 0.1) is 11.8 Å². The number of hydrogen-bond acceptors (Lipinski definition) is 4. The van der Waals surface area contributed by atoms with Crippen LogP contribution in [0.5, 0.6) is 0 Å². The van der Waals surface area contributed by atoms with Gasteiger partial charge < -0.3 is 9.84 Å². The Morgan fingerprint density at radius 1 is 1.40 bits per heavy atom. The molecule has 1 unspecified atom stereocenters. The topological polar surface area (TPSA) is 62.7 Å². The third-order valence-electron chi connectivity index (χ3n) is 5.72. The van der Waals surface area contributed by atoms with Crippen LogP contribution in [0.25, 0.3) is 10.9 Å². The summed E-state index contributed by atoms with van der Waals surface area (Å²) in [7, 11) is 0. The van der Waals surface area contributed by atoms with Crippen LogP contribution >= 0.6 is 0 Å². The molecule has 1 aromatic carbocycles. The summed E-state index contributed by atoms with van der Waals surface area (Å²) in [6.07, 6.45) is 4.13. The lowest BCUT2D eigenvalue weighted by Gasteiger charge is -2.51. The van der Waals surface area contributed by atoms with E-state index in [1.165, 1.54) is 0 Å². The summed E-state index contributed by atoms with van der Waals surface area (Å²) < 4.78 is 5.43. The molecule has 5 nitrogen and oxygen atoms in total. The summed E-state index contributed by atoms with van der Waals surface area (Å²) in [5.74, 6) is 1.05. The summed E-state index contributed by atoms with van der Waals surface area (Å²) in [4.78, 5) is 18.2. The van der Waals surface area contributed by atoms with E-state index in [1.807, 2.05) is 36.4 Å². The molecule has 2 aromatic rings. The summed E-state index contributed by atoms with van der Waals surface area (Å²) >= 11 is 0. The van der Waals surface area contributed by atoms with Crippen LogP contribution in [-0.4, -0.2) is 40.3 Å². The van der Waals surface area contributed by atoms with E-state index in [9.17, 15) is 9.90 Å². The molecule has 2 bridgehead atoms. The number of para-hydroxylation sites is 1. The van der Waals surface area contributed by atoms with Crippen molar-refractivity contribution in [2.75, 3.05) is 13.1 Å². The molecule has 3 aliphatic rings. The van der Waals surface area contributed by atoms with Crippen molar-refractivity contribution in [3.63, 3.8) is 0 Å². The molecule has 130 valence electrons. The maximum Gasteiger partial charge on any atom is 0.506 e. The molecule has 5 rings (SSSR count). The molecule has 3 saturated heterocycles. The highest BCUT2D eigenvalue weighted by Crippen LogP contribution is 2.43. The smallest absolute Gasteiger partial charge is 0.450 e. The highest BCUT2D eigenvalue weighted by atomic mass is 16.7. The quantitative estimate of drug-likeness (QED) is 0.677. The van der Waals surface area contributed by atoms with Gasteiger partial charge >= 0.3 is 6.16 Å². The normalized spacial score (nSPS) is 29.3. The molecule has 0 spiro atoms. The van der Waals surface area contributed by atoms with E-state index in [0.717, 1.165) is 42.4 Å². The van der Waals surface area contributed by atoms with Gasteiger partial charge in [-0.15, -0.1) is 6.58 Å². The minimum Gasteiger partial charge on any atom is -0.450 e. The first kappa shape index (κ1) is 16.1. The van der Waals surface area contributed by atoms with Crippen LogP contribution in [0.3, 0.4) is 0 Å². The molecule has 25 heavy (non-hydrogen) atoms. The van der Waals surface area contributed by atoms with E-state index in [4.69, 9.17) is 4.74 Å². The van der Waals surface area contributed by atoms with Gasteiger partial charge in [-0.25, -0.2) is 4.79 Å². The molecule has 3 fully saturated rings. The monoisotopic (exact) mass is 338 g/mol. The fourth-order valence-electron chi connectivity index (χ4n) is 4.52. The van der Waals surface area contributed by atoms with Crippen LogP contribution < -0.4 is 0 Å². The number of hydrogen-bond donors (Lipinski definition) is 1. The maximum absolute atomic E-state index is 11.4. The van der Waals surface area contributed by atoms with Gasteiger partial charge in [0.05, 0.1) is 11.6 Å². The van der Waals surface area contributed by atoms with Gasteiger partial charge in [0, 0.05) is 23.7 Å². The molecule has 5 heteroatoms. The lowest BCUT2D eigenvalue weighted by molar-refractivity contribution is -0.0596.